The first-order valence-corrected chi connectivity index (χ1v) is 9.50. The van der Waals surface area contributed by atoms with Crippen molar-refractivity contribution in [1.29, 1.82) is 0 Å². The number of rotatable bonds is 3. The van der Waals surface area contributed by atoms with Crippen LogP contribution in [0.4, 0.5) is 5.69 Å². The van der Waals surface area contributed by atoms with Crippen LogP contribution < -0.4 is 10.2 Å². The number of ether oxygens (including phenoxy) is 1. The third kappa shape index (κ3) is 2.55. The van der Waals surface area contributed by atoms with E-state index in [4.69, 9.17) is 9.72 Å². The van der Waals surface area contributed by atoms with Gasteiger partial charge in [-0.25, -0.2) is 4.98 Å². The van der Waals surface area contributed by atoms with Gasteiger partial charge in [-0.3, -0.25) is 4.40 Å². The van der Waals surface area contributed by atoms with E-state index in [2.05, 4.69) is 44.9 Å². The van der Waals surface area contributed by atoms with Crippen LogP contribution in [0.1, 0.15) is 26.7 Å². The van der Waals surface area contributed by atoms with Crippen molar-refractivity contribution >= 4 is 22.5 Å². The Morgan fingerprint density at radius 2 is 2.23 bits per heavy atom. The Labute approximate surface area is 152 Å². The summed E-state index contributed by atoms with van der Waals surface area (Å²) in [6.07, 6.45) is 6.23. The van der Waals surface area contributed by atoms with Crippen LogP contribution >= 0.6 is 0 Å². The highest BCUT2D eigenvalue weighted by molar-refractivity contribution is 5.90. The summed E-state index contributed by atoms with van der Waals surface area (Å²) in [7, 11) is 0. The summed E-state index contributed by atoms with van der Waals surface area (Å²) in [4.78, 5) is 7.24. The number of pyridine rings is 1. The van der Waals surface area contributed by atoms with Gasteiger partial charge in [0, 0.05) is 37.8 Å². The quantitative estimate of drug-likeness (QED) is 0.767. The van der Waals surface area contributed by atoms with Crippen molar-refractivity contribution in [2.75, 3.05) is 24.6 Å². The van der Waals surface area contributed by atoms with Crippen molar-refractivity contribution in [1.82, 2.24) is 29.5 Å². The Balaban J connectivity index is 1.65. The van der Waals surface area contributed by atoms with E-state index in [1.54, 1.807) is 6.33 Å². The summed E-state index contributed by atoms with van der Waals surface area (Å²) < 4.78 is 10.1. The molecule has 0 aromatic carbocycles. The predicted octanol–water partition coefficient (Wildman–Crippen LogP) is 1.44. The molecule has 3 aromatic heterocycles. The van der Waals surface area contributed by atoms with Gasteiger partial charge in [0.1, 0.15) is 17.5 Å². The fourth-order valence-corrected chi connectivity index (χ4v) is 4.22. The summed E-state index contributed by atoms with van der Waals surface area (Å²) in [6, 6.07) is 2.97. The summed E-state index contributed by atoms with van der Waals surface area (Å²) in [6.45, 7) is 8.08. The topological polar surface area (TPSA) is 72.5 Å². The number of piperazine rings is 1. The molecule has 3 atom stereocenters. The number of aromatic nitrogens is 5. The maximum atomic E-state index is 5.84. The van der Waals surface area contributed by atoms with Gasteiger partial charge in [0.05, 0.1) is 24.7 Å². The molecular formula is C18H25N7O. The van der Waals surface area contributed by atoms with E-state index in [1.165, 1.54) is 0 Å². The summed E-state index contributed by atoms with van der Waals surface area (Å²) in [5.41, 5.74) is 4.07. The monoisotopic (exact) mass is 355 g/mol. The first-order chi connectivity index (χ1) is 12.7. The minimum atomic E-state index is 0.265. The molecule has 2 saturated heterocycles. The van der Waals surface area contributed by atoms with E-state index >= 15 is 0 Å². The Kier molecular flexibility index (Phi) is 3.82. The van der Waals surface area contributed by atoms with Crippen LogP contribution in [-0.4, -0.2) is 62.0 Å². The maximum absolute atomic E-state index is 5.84. The van der Waals surface area contributed by atoms with E-state index in [-0.39, 0.29) is 6.10 Å². The van der Waals surface area contributed by atoms with E-state index < -0.39 is 0 Å². The van der Waals surface area contributed by atoms with Gasteiger partial charge in [-0.15, -0.1) is 10.2 Å². The number of fused-ring (bicyclic) bond motifs is 3. The molecule has 0 saturated carbocycles. The smallest absolute Gasteiger partial charge is 0.164 e. The molecule has 3 aromatic rings. The van der Waals surface area contributed by atoms with Gasteiger partial charge < -0.3 is 19.5 Å². The van der Waals surface area contributed by atoms with Crippen molar-refractivity contribution < 1.29 is 4.74 Å². The van der Waals surface area contributed by atoms with Gasteiger partial charge in [0.25, 0.3) is 0 Å². The predicted molar refractivity (Wildman–Crippen MR) is 99.5 cm³/mol. The van der Waals surface area contributed by atoms with E-state index in [9.17, 15) is 0 Å². The molecule has 8 nitrogen and oxygen atoms in total. The number of imidazole rings is 1. The molecule has 0 radical (unpaired) electrons. The maximum Gasteiger partial charge on any atom is 0.164 e. The van der Waals surface area contributed by atoms with Crippen LogP contribution in [-0.2, 0) is 11.3 Å². The van der Waals surface area contributed by atoms with Gasteiger partial charge >= 0.3 is 0 Å². The standard InChI is InChI=1S/C18H25N7O/c1-12-8-24(13(2)7-19-12)15-6-16-22-21-11-25(16)18-17(15)20-10-23(18)9-14-4-3-5-26-14/h6,10-14,19H,3-5,7-9H2,1-2H3/t12-,13+,14+/m1/s1. The molecule has 26 heavy (non-hydrogen) atoms. The molecule has 0 bridgehead atoms. The molecule has 1 N–H and O–H groups in total. The lowest BCUT2D eigenvalue weighted by Crippen LogP contribution is -2.54. The summed E-state index contributed by atoms with van der Waals surface area (Å²) in [5, 5.41) is 12.0. The fraction of sp³-hybridized carbons (Fsp3) is 0.611. The minimum Gasteiger partial charge on any atom is -0.376 e. The van der Waals surface area contributed by atoms with Gasteiger partial charge in [0.15, 0.2) is 5.65 Å². The molecule has 2 aliphatic rings. The Hall–Kier alpha value is -2.19. The second-order valence-electron chi connectivity index (χ2n) is 7.60. The molecule has 2 aliphatic heterocycles. The van der Waals surface area contributed by atoms with Gasteiger partial charge in [-0.2, -0.15) is 0 Å². The highest BCUT2D eigenvalue weighted by Gasteiger charge is 2.27. The number of anilines is 1. The lowest BCUT2D eigenvalue weighted by atomic mass is 10.1. The van der Waals surface area contributed by atoms with Crippen molar-refractivity contribution in [2.24, 2.45) is 0 Å². The van der Waals surface area contributed by atoms with Crippen molar-refractivity contribution in [3.8, 4) is 0 Å². The molecule has 138 valence electrons. The normalized spacial score (nSPS) is 27.0. The van der Waals surface area contributed by atoms with E-state index in [0.29, 0.717) is 12.1 Å². The Bertz CT molecular complexity index is 926. The Morgan fingerprint density at radius 3 is 3.08 bits per heavy atom. The largest absolute Gasteiger partial charge is 0.376 e. The molecule has 0 amide bonds. The molecular weight excluding hydrogens is 330 g/mol. The second-order valence-corrected chi connectivity index (χ2v) is 7.60. The lowest BCUT2D eigenvalue weighted by Gasteiger charge is -2.39. The minimum absolute atomic E-state index is 0.265. The number of hydrogen-bond donors (Lipinski definition) is 1. The van der Waals surface area contributed by atoms with Crippen LogP contribution in [0.5, 0.6) is 0 Å². The number of nitrogens with one attached hydrogen (secondary N) is 1. The van der Waals surface area contributed by atoms with Crippen LogP contribution in [0.25, 0.3) is 16.8 Å². The van der Waals surface area contributed by atoms with Crippen LogP contribution in [0, 0.1) is 0 Å². The molecule has 0 spiro atoms. The third-order valence-electron chi connectivity index (χ3n) is 5.62. The summed E-state index contributed by atoms with van der Waals surface area (Å²) in [5.74, 6) is 0. The van der Waals surface area contributed by atoms with Crippen LogP contribution in [0.3, 0.4) is 0 Å². The van der Waals surface area contributed by atoms with Crippen LogP contribution in [0.2, 0.25) is 0 Å². The van der Waals surface area contributed by atoms with Crippen LogP contribution in [0.15, 0.2) is 18.7 Å². The zero-order valence-electron chi connectivity index (χ0n) is 15.3. The molecule has 5 heterocycles. The van der Waals surface area contributed by atoms with E-state index in [1.807, 2.05) is 10.7 Å². The molecule has 2 fully saturated rings. The first-order valence-electron chi connectivity index (χ1n) is 9.50. The van der Waals surface area contributed by atoms with E-state index in [0.717, 1.165) is 61.6 Å². The average Bonchev–Trinajstić information content (AvgIpc) is 3.37. The zero-order chi connectivity index (χ0) is 17.7. The van der Waals surface area contributed by atoms with Gasteiger partial charge in [0.2, 0.25) is 0 Å². The highest BCUT2D eigenvalue weighted by Crippen LogP contribution is 2.30. The SMILES string of the molecule is C[C@@H]1CN(c2cc3nncn3c3c2ncn3C[C@@H]2CCCO2)[C@@H](C)CN1. The van der Waals surface area contributed by atoms with Gasteiger partial charge in [-0.1, -0.05) is 0 Å². The average molecular weight is 355 g/mol. The molecule has 8 heteroatoms. The number of nitrogens with zero attached hydrogens (tertiary/aromatic N) is 6. The highest BCUT2D eigenvalue weighted by atomic mass is 16.5. The third-order valence-corrected chi connectivity index (χ3v) is 5.62. The number of hydrogen-bond acceptors (Lipinski definition) is 6. The molecule has 0 unspecified atom stereocenters. The molecule has 5 rings (SSSR count). The lowest BCUT2D eigenvalue weighted by molar-refractivity contribution is 0.0977. The first kappa shape index (κ1) is 16.0. The van der Waals surface area contributed by atoms with Crippen molar-refractivity contribution in [3.05, 3.63) is 18.7 Å². The summed E-state index contributed by atoms with van der Waals surface area (Å²) >= 11 is 0. The van der Waals surface area contributed by atoms with Gasteiger partial charge in [-0.05, 0) is 26.7 Å². The molecule has 0 aliphatic carbocycles. The second kappa shape index (κ2) is 6.21. The Morgan fingerprint density at radius 1 is 1.31 bits per heavy atom. The van der Waals surface area contributed by atoms with Crippen molar-refractivity contribution in [3.63, 3.8) is 0 Å². The zero-order valence-corrected chi connectivity index (χ0v) is 15.3. The fourth-order valence-electron chi connectivity index (χ4n) is 4.22. The van der Waals surface area contributed by atoms with Crippen molar-refractivity contribution in [2.45, 2.75) is 51.4 Å².